The Morgan fingerprint density at radius 1 is 1.15 bits per heavy atom. The van der Waals surface area contributed by atoms with Crippen LogP contribution in [0.1, 0.15) is 28.8 Å². The number of rotatable bonds is 6. The first-order valence-corrected chi connectivity index (χ1v) is 8.98. The van der Waals surface area contributed by atoms with Crippen molar-refractivity contribution in [2.24, 2.45) is 5.73 Å². The number of hydrogen-bond acceptors (Lipinski definition) is 3. The minimum absolute atomic E-state index is 0.000930. The first-order chi connectivity index (χ1) is 12.5. The lowest BCUT2D eigenvalue weighted by atomic mass is 10.0. The third kappa shape index (κ3) is 4.35. The molecule has 136 valence electrons. The van der Waals surface area contributed by atoms with Gasteiger partial charge >= 0.3 is 0 Å². The van der Waals surface area contributed by atoms with Crippen molar-refractivity contribution in [3.8, 4) is 5.75 Å². The van der Waals surface area contributed by atoms with Gasteiger partial charge in [0.05, 0.1) is 0 Å². The number of carbonyl (C=O) groups excluding carboxylic acids is 2. The van der Waals surface area contributed by atoms with Gasteiger partial charge in [-0.15, -0.1) is 0 Å². The molecule has 1 aliphatic rings. The summed E-state index contributed by atoms with van der Waals surface area (Å²) >= 11 is 6.27. The van der Waals surface area contributed by atoms with Crippen molar-refractivity contribution in [2.75, 3.05) is 13.2 Å². The second-order valence-electron chi connectivity index (χ2n) is 6.37. The van der Waals surface area contributed by atoms with Gasteiger partial charge in [-0.25, -0.2) is 0 Å². The topological polar surface area (TPSA) is 72.6 Å². The molecule has 0 saturated carbocycles. The highest BCUT2D eigenvalue weighted by Crippen LogP contribution is 2.26. The summed E-state index contributed by atoms with van der Waals surface area (Å²) in [6, 6.07) is 14.7. The molecule has 0 aliphatic carbocycles. The number of likely N-dealkylation sites (tertiary alicyclic amines) is 1. The van der Waals surface area contributed by atoms with Crippen molar-refractivity contribution < 1.29 is 14.3 Å². The number of primary amides is 1. The third-order valence-electron chi connectivity index (χ3n) is 4.53. The Bertz CT molecular complexity index is 792. The maximum Gasteiger partial charge on any atom is 0.255 e. The molecule has 0 unspecified atom stereocenters. The zero-order chi connectivity index (χ0) is 18.5. The van der Waals surface area contributed by atoms with Crippen LogP contribution < -0.4 is 10.5 Å². The van der Waals surface area contributed by atoms with Gasteiger partial charge in [0.15, 0.2) is 6.61 Å². The van der Waals surface area contributed by atoms with Crippen LogP contribution in [-0.4, -0.2) is 35.9 Å². The van der Waals surface area contributed by atoms with Crippen LogP contribution in [0.25, 0.3) is 0 Å². The van der Waals surface area contributed by atoms with E-state index in [-0.39, 0.29) is 18.6 Å². The number of ether oxygens (including phenoxy) is 1. The summed E-state index contributed by atoms with van der Waals surface area (Å²) in [6.07, 6.45) is 2.71. The van der Waals surface area contributed by atoms with Crippen LogP contribution in [0.5, 0.6) is 5.75 Å². The van der Waals surface area contributed by atoms with Crippen molar-refractivity contribution in [2.45, 2.75) is 25.3 Å². The molecular formula is C20H21ClN2O3. The molecule has 2 aromatic rings. The summed E-state index contributed by atoms with van der Waals surface area (Å²) in [4.78, 5) is 25.6. The van der Waals surface area contributed by atoms with E-state index < -0.39 is 5.91 Å². The Hall–Kier alpha value is -2.53. The van der Waals surface area contributed by atoms with Crippen LogP contribution in [0.2, 0.25) is 5.02 Å². The number of carbonyl (C=O) groups is 2. The van der Waals surface area contributed by atoms with E-state index >= 15 is 0 Å². The third-order valence-corrected chi connectivity index (χ3v) is 4.90. The van der Waals surface area contributed by atoms with Gasteiger partial charge in [-0.2, -0.15) is 0 Å². The lowest BCUT2D eigenvalue weighted by Crippen LogP contribution is -2.36. The van der Waals surface area contributed by atoms with Crippen LogP contribution in [-0.2, 0) is 11.2 Å². The van der Waals surface area contributed by atoms with Gasteiger partial charge in [0.2, 0.25) is 0 Å². The van der Waals surface area contributed by atoms with Crippen molar-refractivity contribution in [1.29, 1.82) is 0 Å². The number of amides is 2. The second kappa shape index (κ2) is 8.23. The molecule has 0 aromatic heterocycles. The standard InChI is InChI=1S/C20H21ClN2O3/c21-18-6-2-1-4-15(18)12-16-5-3-11-23(16)20(25)14-7-9-17(10-8-14)26-13-19(22)24/h1-2,4,6-10,16H,3,5,11-13H2,(H2,22,24)/t16-/m0/s1. The Morgan fingerprint density at radius 2 is 1.88 bits per heavy atom. The van der Waals surface area contributed by atoms with E-state index in [1.165, 1.54) is 0 Å². The second-order valence-corrected chi connectivity index (χ2v) is 6.78. The van der Waals surface area contributed by atoms with Crippen LogP contribution in [0.3, 0.4) is 0 Å². The average molecular weight is 373 g/mol. The van der Waals surface area contributed by atoms with Gasteiger partial charge < -0.3 is 15.4 Å². The van der Waals surface area contributed by atoms with Crippen molar-refractivity contribution in [3.05, 3.63) is 64.7 Å². The minimum Gasteiger partial charge on any atom is -0.484 e. The number of hydrogen-bond donors (Lipinski definition) is 1. The number of halogens is 1. The van der Waals surface area contributed by atoms with Crippen LogP contribution >= 0.6 is 11.6 Å². The van der Waals surface area contributed by atoms with Gasteiger partial charge in [0.25, 0.3) is 11.8 Å². The molecule has 6 heteroatoms. The molecule has 2 N–H and O–H groups in total. The van der Waals surface area contributed by atoms with E-state index in [0.717, 1.165) is 36.4 Å². The monoisotopic (exact) mass is 372 g/mol. The van der Waals surface area contributed by atoms with Gasteiger partial charge in [-0.3, -0.25) is 9.59 Å². The molecule has 0 spiro atoms. The highest BCUT2D eigenvalue weighted by molar-refractivity contribution is 6.31. The van der Waals surface area contributed by atoms with Crippen LogP contribution in [0.4, 0.5) is 0 Å². The zero-order valence-electron chi connectivity index (χ0n) is 14.4. The molecule has 1 saturated heterocycles. The summed E-state index contributed by atoms with van der Waals surface area (Å²) in [5.74, 6) is -0.0278. The van der Waals surface area contributed by atoms with E-state index in [9.17, 15) is 9.59 Å². The van der Waals surface area contributed by atoms with Crippen molar-refractivity contribution in [1.82, 2.24) is 4.90 Å². The molecule has 0 radical (unpaired) electrons. The average Bonchev–Trinajstić information content (AvgIpc) is 3.10. The van der Waals surface area contributed by atoms with E-state index in [0.29, 0.717) is 11.3 Å². The van der Waals surface area contributed by atoms with Gasteiger partial charge in [-0.1, -0.05) is 29.8 Å². The summed E-state index contributed by atoms with van der Waals surface area (Å²) in [7, 11) is 0. The van der Waals surface area contributed by atoms with E-state index in [2.05, 4.69) is 0 Å². The maximum atomic E-state index is 12.9. The van der Waals surface area contributed by atoms with Gasteiger partial charge in [0.1, 0.15) is 5.75 Å². The Morgan fingerprint density at radius 3 is 2.58 bits per heavy atom. The molecular weight excluding hydrogens is 352 g/mol. The molecule has 1 fully saturated rings. The molecule has 5 nitrogen and oxygen atoms in total. The smallest absolute Gasteiger partial charge is 0.255 e. The van der Waals surface area contributed by atoms with E-state index in [1.54, 1.807) is 24.3 Å². The van der Waals surface area contributed by atoms with Crippen molar-refractivity contribution in [3.63, 3.8) is 0 Å². The quantitative estimate of drug-likeness (QED) is 0.847. The predicted octanol–water partition coefficient (Wildman–Crippen LogP) is 3.05. The first-order valence-electron chi connectivity index (χ1n) is 8.60. The Balaban J connectivity index is 1.68. The lowest BCUT2D eigenvalue weighted by molar-refractivity contribution is -0.119. The molecule has 1 aliphatic heterocycles. The van der Waals surface area contributed by atoms with Gasteiger partial charge in [0, 0.05) is 23.2 Å². The van der Waals surface area contributed by atoms with E-state index in [4.69, 9.17) is 22.1 Å². The molecule has 26 heavy (non-hydrogen) atoms. The Labute approximate surface area is 157 Å². The molecule has 0 bridgehead atoms. The summed E-state index contributed by atoms with van der Waals surface area (Å²) in [5.41, 5.74) is 6.72. The fourth-order valence-electron chi connectivity index (χ4n) is 3.25. The van der Waals surface area contributed by atoms with E-state index in [1.807, 2.05) is 29.2 Å². The van der Waals surface area contributed by atoms with Crippen LogP contribution in [0, 0.1) is 0 Å². The summed E-state index contributed by atoms with van der Waals surface area (Å²) in [5, 5.41) is 0.739. The normalized spacial score (nSPS) is 16.5. The predicted molar refractivity (Wildman–Crippen MR) is 100 cm³/mol. The summed E-state index contributed by atoms with van der Waals surface area (Å²) in [6.45, 7) is 0.563. The fraction of sp³-hybridized carbons (Fsp3) is 0.300. The highest BCUT2D eigenvalue weighted by Gasteiger charge is 2.29. The molecule has 2 amide bonds. The number of nitrogens with zero attached hydrogens (tertiary/aromatic N) is 1. The zero-order valence-corrected chi connectivity index (χ0v) is 15.1. The SMILES string of the molecule is NC(=O)COc1ccc(C(=O)N2CCC[C@H]2Cc2ccccc2Cl)cc1. The Kier molecular flexibility index (Phi) is 5.78. The fourth-order valence-corrected chi connectivity index (χ4v) is 3.46. The highest BCUT2D eigenvalue weighted by atomic mass is 35.5. The molecule has 3 rings (SSSR count). The molecule has 2 aromatic carbocycles. The lowest BCUT2D eigenvalue weighted by Gasteiger charge is -2.25. The van der Waals surface area contributed by atoms with Crippen molar-refractivity contribution >= 4 is 23.4 Å². The maximum absolute atomic E-state index is 12.9. The largest absolute Gasteiger partial charge is 0.484 e. The first kappa shape index (κ1) is 18.3. The minimum atomic E-state index is -0.537. The summed E-state index contributed by atoms with van der Waals surface area (Å²) < 4.78 is 5.23. The molecule has 1 atom stereocenters. The van der Waals surface area contributed by atoms with Gasteiger partial charge in [-0.05, 0) is 55.2 Å². The number of nitrogens with two attached hydrogens (primary N) is 1. The van der Waals surface area contributed by atoms with Crippen LogP contribution in [0.15, 0.2) is 48.5 Å². The number of benzene rings is 2. The molecule has 1 heterocycles.